The molecule has 0 saturated carbocycles. The van der Waals surface area contributed by atoms with E-state index in [-0.39, 0.29) is 17.2 Å². The minimum atomic E-state index is -0.698. The Kier molecular flexibility index (Phi) is 8.07. The zero-order valence-corrected chi connectivity index (χ0v) is 19.4. The van der Waals surface area contributed by atoms with Gasteiger partial charge in [0, 0.05) is 17.2 Å². The highest BCUT2D eigenvalue weighted by Gasteiger charge is 2.15. The molecule has 2 amide bonds. The van der Waals surface area contributed by atoms with Crippen LogP contribution in [0.5, 0.6) is 23.0 Å². The van der Waals surface area contributed by atoms with Gasteiger partial charge >= 0.3 is 0 Å². The molecule has 0 aromatic heterocycles. The van der Waals surface area contributed by atoms with Crippen LogP contribution in [-0.4, -0.2) is 42.5 Å². The summed E-state index contributed by atoms with van der Waals surface area (Å²) in [6, 6.07) is 16.1. The molecule has 9 heteroatoms. The SMILES string of the molecule is COc1ccc(/C=C(\NC(=O)c2ccccc2)C(=O)N/N=C/c2c(C)cc(O)cc2O)cc1OC. The van der Waals surface area contributed by atoms with Crippen molar-refractivity contribution in [3.8, 4) is 23.0 Å². The Hall–Kier alpha value is -4.79. The standard InChI is InChI=1S/C26H25N3O6/c1-16-11-19(30)14-22(31)20(16)15-27-29-26(33)21(28-25(32)18-7-5-4-6-8-18)12-17-9-10-23(34-2)24(13-17)35-3/h4-15,30-31H,1-3H3,(H,28,32)(H,29,33)/b21-12-,27-15+. The van der Waals surface area contributed by atoms with Crippen molar-refractivity contribution in [3.05, 3.63) is 88.6 Å². The number of nitrogens with zero attached hydrogens (tertiary/aromatic N) is 1. The van der Waals surface area contributed by atoms with Crippen molar-refractivity contribution < 1.29 is 29.3 Å². The number of phenols is 2. The smallest absolute Gasteiger partial charge is 0.287 e. The number of carbonyl (C=O) groups is 2. The molecule has 4 N–H and O–H groups in total. The lowest BCUT2D eigenvalue weighted by molar-refractivity contribution is -0.117. The number of hydrogen-bond donors (Lipinski definition) is 4. The molecule has 35 heavy (non-hydrogen) atoms. The number of aryl methyl sites for hydroxylation is 1. The van der Waals surface area contributed by atoms with E-state index in [9.17, 15) is 19.8 Å². The second-order valence-electron chi connectivity index (χ2n) is 7.39. The molecule has 0 atom stereocenters. The van der Waals surface area contributed by atoms with Gasteiger partial charge in [-0.15, -0.1) is 0 Å². The van der Waals surface area contributed by atoms with E-state index in [1.807, 2.05) is 0 Å². The first-order valence-corrected chi connectivity index (χ1v) is 10.5. The van der Waals surface area contributed by atoms with Crippen molar-refractivity contribution in [3.63, 3.8) is 0 Å². The summed E-state index contributed by atoms with van der Waals surface area (Å²) in [7, 11) is 3.00. The van der Waals surface area contributed by atoms with Crippen molar-refractivity contribution in [2.75, 3.05) is 14.2 Å². The molecular weight excluding hydrogens is 450 g/mol. The molecule has 3 rings (SSSR count). The molecule has 0 radical (unpaired) electrons. The molecule has 0 aliphatic carbocycles. The predicted octanol–water partition coefficient (Wildman–Crippen LogP) is 3.34. The second-order valence-corrected chi connectivity index (χ2v) is 7.39. The highest BCUT2D eigenvalue weighted by atomic mass is 16.5. The van der Waals surface area contributed by atoms with Crippen molar-refractivity contribution in [2.24, 2.45) is 5.10 Å². The van der Waals surface area contributed by atoms with Crippen LogP contribution in [0.15, 0.2) is 71.5 Å². The number of carbonyl (C=O) groups excluding carboxylic acids is 2. The second kappa shape index (κ2) is 11.4. The highest BCUT2D eigenvalue weighted by Crippen LogP contribution is 2.28. The van der Waals surface area contributed by atoms with Crippen molar-refractivity contribution in [1.29, 1.82) is 0 Å². The number of phenolic OH excluding ortho intramolecular Hbond substituents is 2. The lowest BCUT2D eigenvalue weighted by atomic mass is 10.1. The maximum Gasteiger partial charge on any atom is 0.287 e. The minimum Gasteiger partial charge on any atom is -0.508 e. The summed E-state index contributed by atoms with van der Waals surface area (Å²) < 4.78 is 10.5. The Labute approximate surface area is 202 Å². The number of nitrogens with one attached hydrogen (secondary N) is 2. The Morgan fingerprint density at radius 3 is 2.31 bits per heavy atom. The summed E-state index contributed by atoms with van der Waals surface area (Å²) in [5.74, 6) is -0.506. The van der Waals surface area contributed by atoms with E-state index in [1.165, 1.54) is 38.6 Å². The van der Waals surface area contributed by atoms with E-state index in [2.05, 4.69) is 15.8 Å². The first kappa shape index (κ1) is 24.8. The minimum absolute atomic E-state index is 0.0742. The normalized spacial score (nSPS) is 11.2. The maximum absolute atomic E-state index is 12.9. The van der Waals surface area contributed by atoms with Crippen molar-refractivity contribution in [1.82, 2.24) is 10.7 Å². The van der Waals surface area contributed by atoms with Crippen LogP contribution in [0.25, 0.3) is 6.08 Å². The molecule has 0 fully saturated rings. The van der Waals surface area contributed by atoms with Crippen LogP contribution in [0.1, 0.15) is 27.0 Å². The summed E-state index contributed by atoms with van der Waals surface area (Å²) in [4.78, 5) is 25.7. The molecular formula is C26H25N3O6. The fraction of sp³-hybridized carbons (Fsp3) is 0.115. The number of aromatic hydroxyl groups is 2. The fourth-order valence-electron chi connectivity index (χ4n) is 3.20. The molecule has 3 aromatic rings. The molecule has 0 aliphatic heterocycles. The summed E-state index contributed by atoms with van der Waals surface area (Å²) >= 11 is 0. The topological polar surface area (TPSA) is 129 Å². The molecule has 0 aliphatic rings. The number of hydrogen-bond acceptors (Lipinski definition) is 7. The first-order valence-electron chi connectivity index (χ1n) is 10.5. The summed E-state index contributed by atoms with van der Waals surface area (Å²) in [6.45, 7) is 1.67. The van der Waals surface area contributed by atoms with Gasteiger partial charge in [0.15, 0.2) is 11.5 Å². The Bertz CT molecular complexity index is 1260. The van der Waals surface area contributed by atoms with Gasteiger partial charge < -0.3 is 25.0 Å². The van der Waals surface area contributed by atoms with E-state index in [1.54, 1.807) is 55.5 Å². The number of amides is 2. The van der Waals surface area contributed by atoms with Crippen LogP contribution >= 0.6 is 0 Å². The van der Waals surface area contributed by atoms with Crippen molar-refractivity contribution >= 4 is 24.1 Å². The zero-order chi connectivity index (χ0) is 25.4. The molecule has 0 unspecified atom stereocenters. The molecule has 3 aromatic carbocycles. The van der Waals surface area contributed by atoms with Gasteiger partial charge in [-0.1, -0.05) is 24.3 Å². The van der Waals surface area contributed by atoms with E-state index < -0.39 is 11.8 Å². The van der Waals surface area contributed by atoms with Gasteiger partial charge in [0.2, 0.25) is 0 Å². The van der Waals surface area contributed by atoms with Crippen LogP contribution in [0.2, 0.25) is 0 Å². The number of ether oxygens (including phenoxy) is 2. The van der Waals surface area contributed by atoms with E-state index in [4.69, 9.17) is 9.47 Å². The van der Waals surface area contributed by atoms with Gasteiger partial charge in [0.1, 0.15) is 17.2 Å². The quantitative estimate of drug-likeness (QED) is 0.225. The maximum atomic E-state index is 12.9. The van der Waals surface area contributed by atoms with E-state index in [0.29, 0.717) is 33.8 Å². The largest absolute Gasteiger partial charge is 0.508 e. The van der Waals surface area contributed by atoms with E-state index >= 15 is 0 Å². The number of benzene rings is 3. The monoisotopic (exact) mass is 475 g/mol. The average Bonchev–Trinajstić information content (AvgIpc) is 2.85. The molecule has 0 heterocycles. The van der Waals surface area contributed by atoms with Gasteiger partial charge in [-0.05, 0) is 54.5 Å². The molecule has 0 bridgehead atoms. The zero-order valence-electron chi connectivity index (χ0n) is 19.4. The highest BCUT2D eigenvalue weighted by molar-refractivity contribution is 6.05. The molecule has 9 nitrogen and oxygen atoms in total. The number of rotatable bonds is 8. The van der Waals surface area contributed by atoms with E-state index in [0.717, 1.165) is 0 Å². The van der Waals surface area contributed by atoms with Gasteiger partial charge in [-0.25, -0.2) is 5.43 Å². The lowest BCUT2D eigenvalue weighted by Crippen LogP contribution is -2.32. The predicted molar refractivity (Wildman–Crippen MR) is 132 cm³/mol. The van der Waals surface area contributed by atoms with Crippen LogP contribution in [0, 0.1) is 6.92 Å². The van der Waals surface area contributed by atoms with Crippen LogP contribution in [0.4, 0.5) is 0 Å². The molecule has 0 saturated heterocycles. The number of methoxy groups -OCH3 is 2. The summed E-state index contributed by atoms with van der Waals surface area (Å²) in [5.41, 5.74) is 4.08. The van der Waals surface area contributed by atoms with Crippen LogP contribution in [0.3, 0.4) is 0 Å². The number of hydrazone groups is 1. The van der Waals surface area contributed by atoms with Gasteiger partial charge in [0.25, 0.3) is 11.8 Å². The lowest BCUT2D eigenvalue weighted by Gasteiger charge is -2.11. The Balaban J connectivity index is 1.89. The van der Waals surface area contributed by atoms with Gasteiger partial charge in [0.05, 0.1) is 20.4 Å². The van der Waals surface area contributed by atoms with Crippen LogP contribution < -0.4 is 20.2 Å². The average molecular weight is 476 g/mol. The Morgan fingerprint density at radius 2 is 1.66 bits per heavy atom. The fourth-order valence-corrected chi connectivity index (χ4v) is 3.20. The first-order chi connectivity index (χ1) is 16.8. The summed E-state index contributed by atoms with van der Waals surface area (Å²) in [5, 5.41) is 26.1. The molecule has 0 spiro atoms. The molecule has 180 valence electrons. The Morgan fingerprint density at radius 1 is 0.943 bits per heavy atom. The van der Waals surface area contributed by atoms with Gasteiger partial charge in [-0.3, -0.25) is 9.59 Å². The van der Waals surface area contributed by atoms with Crippen molar-refractivity contribution in [2.45, 2.75) is 6.92 Å². The van der Waals surface area contributed by atoms with Gasteiger partial charge in [-0.2, -0.15) is 5.10 Å². The third kappa shape index (κ3) is 6.38. The van der Waals surface area contributed by atoms with Crippen LogP contribution in [-0.2, 0) is 4.79 Å². The third-order valence-electron chi connectivity index (χ3n) is 4.96. The third-order valence-corrected chi connectivity index (χ3v) is 4.96. The summed E-state index contributed by atoms with van der Waals surface area (Å²) in [6.07, 6.45) is 2.71.